The summed E-state index contributed by atoms with van der Waals surface area (Å²) in [6.45, 7) is 5.66. The number of hydrogen-bond acceptors (Lipinski definition) is 6. The first-order chi connectivity index (χ1) is 15.6. The van der Waals surface area contributed by atoms with Gasteiger partial charge >= 0.3 is 0 Å². The molecule has 0 atom stereocenters. The monoisotopic (exact) mass is 501 g/mol. The van der Waals surface area contributed by atoms with Crippen LogP contribution in [0.15, 0.2) is 64.6 Å². The maximum atomic E-state index is 12.6. The van der Waals surface area contributed by atoms with Crippen molar-refractivity contribution >= 4 is 44.2 Å². The highest BCUT2D eigenvalue weighted by atomic mass is 32.2. The summed E-state index contributed by atoms with van der Waals surface area (Å²) in [5, 5.41) is 19.3. The van der Waals surface area contributed by atoms with E-state index in [1.54, 1.807) is 6.92 Å². The first-order valence-electron chi connectivity index (χ1n) is 10.1. The molecule has 4 aromatic rings. The molecule has 11 heteroatoms. The van der Waals surface area contributed by atoms with E-state index >= 15 is 0 Å². The van der Waals surface area contributed by atoms with Crippen LogP contribution in [-0.4, -0.2) is 34.8 Å². The molecule has 3 aromatic carbocycles. The molecule has 1 amide bonds. The summed E-state index contributed by atoms with van der Waals surface area (Å²) < 4.78 is 25.0. The first kappa shape index (κ1) is 25.3. The van der Waals surface area contributed by atoms with E-state index < -0.39 is 10.0 Å². The zero-order valence-corrected chi connectivity index (χ0v) is 20.4. The number of aromatic nitrogens is 3. The van der Waals surface area contributed by atoms with Crippen LogP contribution in [0.2, 0.25) is 0 Å². The smallest absolute Gasteiger partial charge is 0.238 e. The van der Waals surface area contributed by atoms with Crippen LogP contribution in [0.5, 0.6) is 0 Å². The fraction of sp³-hybridized carbons (Fsp3) is 0.174. The van der Waals surface area contributed by atoms with Gasteiger partial charge in [-0.1, -0.05) is 42.1 Å². The number of rotatable bonds is 6. The van der Waals surface area contributed by atoms with Crippen molar-refractivity contribution < 1.29 is 17.9 Å². The predicted molar refractivity (Wildman–Crippen MR) is 133 cm³/mol. The first-order valence-corrected chi connectivity index (χ1v) is 12.6. The zero-order valence-electron chi connectivity index (χ0n) is 18.8. The Balaban J connectivity index is 0.00000324. The molecule has 0 aliphatic rings. The van der Waals surface area contributed by atoms with Gasteiger partial charge in [0.1, 0.15) is 5.82 Å². The SMILES string of the molecule is Cc1cc(S(N)(=O)=O)ccc1NC(=O)CSc1nnc(C)n1-c1ccc(C)c2ccccc12.F. The molecule has 3 N–H and O–H groups in total. The fourth-order valence-electron chi connectivity index (χ4n) is 3.61. The second kappa shape index (κ2) is 9.92. The van der Waals surface area contributed by atoms with Gasteiger partial charge in [-0.15, -0.1) is 10.2 Å². The third-order valence-corrected chi connectivity index (χ3v) is 7.13. The van der Waals surface area contributed by atoms with E-state index in [2.05, 4.69) is 40.6 Å². The number of benzene rings is 3. The lowest BCUT2D eigenvalue weighted by Gasteiger charge is -2.13. The molecule has 4 rings (SSSR count). The maximum absolute atomic E-state index is 12.6. The van der Waals surface area contributed by atoms with Crippen molar-refractivity contribution in [3.05, 3.63) is 71.5 Å². The molecular weight excluding hydrogens is 477 g/mol. The van der Waals surface area contributed by atoms with Gasteiger partial charge in [-0.25, -0.2) is 13.6 Å². The Morgan fingerprint density at radius 2 is 1.71 bits per heavy atom. The van der Waals surface area contributed by atoms with E-state index in [-0.39, 0.29) is 21.3 Å². The van der Waals surface area contributed by atoms with Crippen molar-refractivity contribution in [3.63, 3.8) is 0 Å². The molecule has 178 valence electrons. The molecule has 1 aromatic heterocycles. The lowest BCUT2D eigenvalue weighted by molar-refractivity contribution is -0.113. The summed E-state index contributed by atoms with van der Waals surface area (Å²) in [7, 11) is -3.80. The number of amides is 1. The van der Waals surface area contributed by atoms with Crippen molar-refractivity contribution in [2.45, 2.75) is 30.8 Å². The molecule has 0 aliphatic carbocycles. The topological polar surface area (TPSA) is 120 Å². The number of fused-ring (bicyclic) bond motifs is 1. The van der Waals surface area contributed by atoms with Crippen LogP contribution < -0.4 is 10.5 Å². The predicted octanol–water partition coefficient (Wildman–Crippen LogP) is 3.88. The van der Waals surface area contributed by atoms with Gasteiger partial charge in [0.05, 0.1) is 16.3 Å². The number of carbonyl (C=O) groups excluding carboxylic acids is 1. The van der Waals surface area contributed by atoms with Crippen molar-refractivity contribution in [3.8, 4) is 5.69 Å². The second-order valence-electron chi connectivity index (χ2n) is 7.67. The number of nitrogens with zero attached hydrogens (tertiary/aromatic N) is 3. The summed E-state index contributed by atoms with van der Waals surface area (Å²) in [5.41, 5.74) is 3.26. The Labute approximate surface area is 201 Å². The molecule has 0 unspecified atom stereocenters. The number of anilines is 1. The lowest BCUT2D eigenvalue weighted by atomic mass is 10.0. The van der Waals surface area contributed by atoms with Gasteiger partial charge in [0.15, 0.2) is 5.16 Å². The normalized spacial score (nSPS) is 11.3. The minimum atomic E-state index is -3.80. The number of carbonyl (C=O) groups is 1. The summed E-state index contributed by atoms with van der Waals surface area (Å²) in [4.78, 5) is 12.6. The van der Waals surface area contributed by atoms with Crippen LogP contribution in [-0.2, 0) is 14.8 Å². The van der Waals surface area contributed by atoms with E-state index in [1.807, 2.05) is 29.7 Å². The van der Waals surface area contributed by atoms with Gasteiger partial charge in [0.25, 0.3) is 0 Å². The molecule has 8 nitrogen and oxygen atoms in total. The van der Waals surface area contributed by atoms with Crippen LogP contribution >= 0.6 is 11.8 Å². The Bertz CT molecular complexity index is 1490. The molecule has 1 heterocycles. The summed E-state index contributed by atoms with van der Waals surface area (Å²) in [6.07, 6.45) is 0. The maximum Gasteiger partial charge on any atom is 0.238 e. The van der Waals surface area contributed by atoms with E-state index in [4.69, 9.17) is 5.14 Å². The minimum absolute atomic E-state index is 0. The van der Waals surface area contributed by atoms with E-state index in [0.29, 0.717) is 16.4 Å². The summed E-state index contributed by atoms with van der Waals surface area (Å²) in [5.74, 6) is 0.590. The van der Waals surface area contributed by atoms with Gasteiger partial charge in [-0.3, -0.25) is 14.1 Å². The molecule has 0 radical (unpaired) electrons. The Morgan fingerprint density at radius 1 is 1.00 bits per heavy atom. The highest BCUT2D eigenvalue weighted by Crippen LogP contribution is 2.29. The molecular formula is C23H24FN5O3S2. The number of aryl methyl sites for hydroxylation is 3. The molecule has 0 saturated heterocycles. The Kier molecular flexibility index (Phi) is 7.39. The van der Waals surface area contributed by atoms with Gasteiger partial charge in [0.2, 0.25) is 15.9 Å². The molecule has 0 spiro atoms. The van der Waals surface area contributed by atoms with Crippen LogP contribution in [0.4, 0.5) is 10.4 Å². The van der Waals surface area contributed by atoms with E-state index in [9.17, 15) is 13.2 Å². The van der Waals surface area contributed by atoms with Gasteiger partial charge in [0, 0.05) is 11.1 Å². The van der Waals surface area contributed by atoms with Crippen molar-refractivity contribution in [2.75, 3.05) is 11.1 Å². The molecule has 34 heavy (non-hydrogen) atoms. The molecule has 0 fully saturated rings. The number of halogens is 1. The van der Waals surface area contributed by atoms with Crippen LogP contribution in [0.3, 0.4) is 0 Å². The average molecular weight is 502 g/mol. The Morgan fingerprint density at radius 3 is 2.38 bits per heavy atom. The van der Waals surface area contributed by atoms with Crippen molar-refractivity contribution in [1.29, 1.82) is 0 Å². The zero-order chi connectivity index (χ0) is 23.8. The standard InChI is InChI=1S/C23H23N5O3S2.FH/c1-14-8-11-21(19-7-5-4-6-18(14)19)28-16(3)26-27-23(28)32-13-22(29)25-20-10-9-17(12-15(20)2)33(24,30)31;/h4-12H,13H2,1-3H3,(H,25,29)(H2,24,30,31);1H. The van der Waals surface area contributed by atoms with Crippen LogP contribution in [0.25, 0.3) is 16.5 Å². The Hall–Kier alpha value is -3.28. The van der Waals surface area contributed by atoms with Gasteiger partial charge in [-0.2, -0.15) is 0 Å². The fourth-order valence-corrected chi connectivity index (χ4v) is 5.00. The van der Waals surface area contributed by atoms with E-state index in [1.165, 1.54) is 35.5 Å². The van der Waals surface area contributed by atoms with E-state index in [0.717, 1.165) is 22.3 Å². The van der Waals surface area contributed by atoms with Crippen LogP contribution in [0.1, 0.15) is 17.0 Å². The van der Waals surface area contributed by atoms with Gasteiger partial charge in [-0.05, 0) is 61.5 Å². The second-order valence-corrected chi connectivity index (χ2v) is 10.2. The molecule has 0 aliphatic heterocycles. The van der Waals surface area contributed by atoms with Gasteiger partial charge < -0.3 is 5.32 Å². The third-order valence-electron chi connectivity index (χ3n) is 5.29. The lowest BCUT2D eigenvalue weighted by Crippen LogP contribution is -2.16. The number of nitrogens with two attached hydrogens (primary N) is 1. The third kappa shape index (κ3) is 5.11. The molecule has 0 saturated carbocycles. The van der Waals surface area contributed by atoms with Crippen LogP contribution in [0, 0.1) is 20.8 Å². The molecule has 0 bridgehead atoms. The summed E-state index contributed by atoms with van der Waals surface area (Å²) >= 11 is 1.28. The highest BCUT2D eigenvalue weighted by molar-refractivity contribution is 7.99. The number of nitrogens with one attached hydrogen (secondary N) is 1. The van der Waals surface area contributed by atoms with Crippen molar-refractivity contribution in [1.82, 2.24) is 14.8 Å². The quantitative estimate of drug-likeness (QED) is 0.387. The largest absolute Gasteiger partial charge is 0.325 e. The number of sulfonamides is 1. The summed E-state index contributed by atoms with van der Waals surface area (Å²) in [6, 6.07) is 16.6. The number of hydrogen-bond donors (Lipinski definition) is 2. The number of thioether (sulfide) groups is 1. The minimum Gasteiger partial charge on any atom is -0.325 e. The highest BCUT2D eigenvalue weighted by Gasteiger charge is 2.17. The van der Waals surface area contributed by atoms with Crippen molar-refractivity contribution in [2.24, 2.45) is 5.14 Å². The average Bonchev–Trinajstić information content (AvgIpc) is 3.14. The number of primary sulfonamides is 1.